The number of hydrogen-bond acceptors (Lipinski definition) is 4. The first kappa shape index (κ1) is 12.8. The van der Waals surface area contributed by atoms with Crippen molar-refractivity contribution in [2.24, 2.45) is 5.92 Å². The molecule has 0 aromatic carbocycles. The average molecular weight is 240 g/mol. The third-order valence-corrected chi connectivity index (χ3v) is 4.23. The van der Waals surface area contributed by atoms with Crippen molar-refractivity contribution in [3.63, 3.8) is 0 Å². The summed E-state index contributed by atoms with van der Waals surface area (Å²) in [4.78, 5) is 14.6. The lowest BCUT2D eigenvalue weighted by molar-refractivity contribution is -0.157. The Labute approximate surface area is 104 Å². The van der Waals surface area contributed by atoms with Crippen LogP contribution in [0.1, 0.15) is 32.6 Å². The van der Waals surface area contributed by atoms with E-state index in [0.717, 1.165) is 39.0 Å². The van der Waals surface area contributed by atoms with Gasteiger partial charge in [-0.3, -0.25) is 9.69 Å². The van der Waals surface area contributed by atoms with Gasteiger partial charge in [0.05, 0.1) is 7.11 Å². The first-order valence-corrected chi connectivity index (χ1v) is 6.80. The summed E-state index contributed by atoms with van der Waals surface area (Å²) in [6.45, 7) is 6.12. The summed E-state index contributed by atoms with van der Waals surface area (Å²) in [7, 11) is 1.52. The van der Waals surface area contributed by atoms with E-state index in [1.807, 2.05) is 0 Å². The van der Waals surface area contributed by atoms with Crippen molar-refractivity contribution in [2.45, 2.75) is 38.1 Å². The number of hydrogen-bond donors (Lipinski definition) is 1. The standard InChI is InChI=1S/C13H24N2O2/c1-3-13(11-5-6-11,12(16)17-2)15-9-4-7-14-8-10-15/h11,14H,3-10H2,1-2H3. The Morgan fingerprint density at radius 2 is 2.18 bits per heavy atom. The highest BCUT2D eigenvalue weighted by molar-refractivity contribution is 5.81. The molecular weight excluding hydrogens is 216 g/mol. The quantitative estimate of drug-likeness (QED) is 0.745. The minimum atomic E-state index is -0.346. The van der Waals surface area contributed by atoms with E-state index in [2.05, 4.69) is 17.1 Å². The van der Waals surface area contributed by atoms with Gasteiger partial charge >= 0.3 is 5.97 Å². The van der Waals surface area contributed by atoms with E-state index in [4.69, 9.17) is 4.74 Å². The van der Waals surface area contributed by atoms with Crippen molar-refractivity contribution in [1.82, 2.24) is 10.2 Å². The molecule has 1 aliphatic heterocycles. The fourth-order valence-electron chi connectivity index (χ4n) is 3.19. The predicted octanol–water partition coefficient (Wildman–Crippen LogP) is 1.01. The molecular formula is C13H24N2O2. The van der Waals surface area contributed by atoms with Crippen molar-refractivity contribution in [2.75, 3.05) is 33.3 Å². The Bertz CT molecular complexity index is 271. The first-order valence-electron chi connectivity index (χ1n) is 6.80. The van der Waals surface area contributed by atoms with Gasteiger partial charge in [-0.25, -0.2) is 0 Å². The van der Waals surface area contributed by atoms with Crippen LogP contribution in [0.3, 0.4) is 0 Å². The zero-order chi connectivity index (χ0) is 12.3. The molecule has 17 heavy (non-hydrogen) atoms. The van der Waals surface area contributed by atoms with Crippen LogP contribution in [0.2, 0.25) is 0 Å². The second-order valence-corrected chi connectivity index (χ2v) is 5.13. The second-order valence-electron chi connectivity index (χ2n) is 5.13. The monoisotopic (exact) mass is 240 g/mol. The van der Waals surface area contributed by atoms with E-state index in [9.17, 15) is 4.79 Å². The molecule has 4 heteroatoms. The maximum atomic E-state index is 12.3. The Hall–Kier alpha value is -0.610. The van der Waals surface area contributed by atoms with Crippen molar-refractivity contribution in [1.29, 1.82) is 0 Å². The molecule has 0 spiro atoms. The molecule has 0 radical (unpaired) electrons. The number of rotatable bonds is 4. The maximum Gasteiger partial charge on any atom is 0.326 e. The lowest BCUT2D eigenvalue weighted by atomic mass is 9.87. The summed E-state index contributed by atoms with van der Waals surface area (Å²) in [5, 5.41) is 3.40. The zero-order valence-electron chi connectivity index (χ0n) is 11.0. The first-order chi connectivity index (χ1) is 8.25. The van der Waals surface area contributed by atoms with Gasteiger partial charge in [0.1, 0.15) is 5.54 Å². The van der Waals surface area contributed by atoms with Gasteiger partial charge in [0.2, 0.25) is 0 Å². The van der Waals surface area contributed by atoms with Crippen molar-refractivity contribution < 1.29 is 9.53 Å². The van der Waals surface area contributed by atoms with Gasteiger partial charge in [0.25, 0.3) is 0 Å². The van der Waals surface area contributed by atoms with Crippen LogP contribution in [-0.2, 0) is 9.53 Å². The molecule has 1 saturated carbocycles. The maximum absolute atomic E-state index is 12.3. The zero-order valence-corrected chi connectivity index (χ0v) is 11.0. The van der Waals surface area contributed by atoms with Crippen LogP contribution in [0.4, 0.5) is 0 Å². The van der Waals surface area contributed by atoms with E-state index in [1.165, 1.54) is 20.0 Å². The van der Waals surface area contributed by atoms with Crippen molar-refractivity contribution >= 4 is 5.97 Å². The molecule has 2 rings (SSSR count). The third-order valence-electron chi connectivity index (χ3n) is 4.23. The molecule has 4 nitrogen and oxygen atoms in total. The highest BCUT2D eigenvalue weighted by atomic mass is 16.5. The smallest absolute Gasteiger partial charge is 0.326 e. The molecule has 1 atom stereocenters. The molecule has 1 unspecified atom stereocenters. The molecule has 98 valence electrons. The van der Waals surface area contributed by atoms with Crippen LogP contribution >= 0.6 is 0 Å². The van der Waals surface area contributed by atoms with Crippen LogP contribution in [0, 0.1) is 5.92 Å². The van der Waals surface area contributed by atoms with Gasteiger partial charge in [-0.05, 0) is 38.1 Å². The van der Waals surface area contributed by atoms with Crippen LogP contribution in [0.5, 0.6) is 0 Å². The summed E-state index contributed by atoms with van der Waals surface area (Å²) in [6, 6.07) is 0. The summed E-state index contributed by atoms with van der Waals surface area (Å²) in [5.74, 6) is 0.488. The Morgan fingerprint density at radius 1 is 1.41 bits per heavy atom. The summed E-state index contributed by atoms with van der Waals surface area (Å²) >= 11 is 0. The number of carbonyl (C=O) groups excluding carboxylic acids is 1. The van der Waals surface area contributed by atoms with E-state index in [1.54, 1.807) is 0 Å². The minimum Gasteiger partial charge on any atom is -0.468 e. The van der Waals surface area contributed by atoms with Gasteiger partial charge in [0.15, 0.2) is 0 Å². The topological polar surface area (TPSA) is 41.6 Å². The largest absolute Gasteiger partial charge is 0.468 e. The van der Waals surface area contributed by atoms with Gasteiger partial charge in [0, 0.05) is 19.6 Å². The fourth-order valence-corrected chi connectivity index (χ4v) is 3.19. The normalized spacial score (nSPS) is 26.0. The molecule has 2 fully saturated rings. The van der Waals surface area contributed by atoms with Crippen LogP contribution in [-0.4, -0.2) is 49.7 Å². The molecule has 1 aliphatic carbocycles. The number of esters is 1. The second kappa shape index (κ2) is 5.36. The van der Waals surface area contributed by atoms with Gasteiger partial charge in [-0.1, -0.05) is 6.92 Å². The highest BCUT2D eigenvalue weighted by Gasteiger charge is 2.54. The van der Waals surface area contributed by atoms with Crippen LogP contribution in [0.25, 0.3) is 0 Å². The molecule has 0 aromatic rings. The molecule has 0 aromatic heterocycles. The molecule has 1 N–H and O–H groups in total. The Balaban J connectivity index is 2.20. The predicted molar refractivity (Wildman–Crippen MR) is 66.8 cm³/mol. The molecule has 1 saturated heterocycles. The molecule has 0 bridgehead atoms. The minimum absolute atomic E-state index is 0.0237. The summed E-state index contributed by atoms with van der Waals surface area (Å²) < 4.78 is 5.10. The Morgan fingerprint density at radius 3 is 2.76 bits per heavy atom. The number of carbonyl (C=O) groups is 1. The lowest BCUT2D eigenvalue weighted by Crippen LogP contribution is -2.57. The molecule has 1 heterocycles. The number of nitrogens with one attached hydrogen (secondary N) is 1. The van der Waals surface area contributed by atoms with E-state index < -0.39 is 0 Å². The van der Waals surface area contributed by atoms with Gasteiger partial charge in [-0.15, -0.1) is 0 Å². The Kier molecular flexibility index (Phi) is 4.05. The van der Waals surface area contributed by atoms with E-state index in [0.29, 0.717) is 5.92 Å². The molecule has 2 aliphatic rings. The fraction of sp³-hybridized carbons (Fsp3) is 0.923. The number of ether oxygens (including phenoxy) is 1. The van der Waals surface area contributed by atoms with Crippen molar-refractivity contribution in [3.8, 4) is 0 Å². The lowest BCUT2D eigenvalue weighted by Gasteiger charge is -2.41. The van der Waals surface area contributed by atoms with E-state index in [-0.39, 0.29) is 11.5 Å². The summed E-state index contributed by atoms with van der Waals surface area (Å²) in [5.41, 5.74) is -0.346. The molecule has 0 amide bonds. The van der Waals surface area contributed by atoms with Crippen LogP contribution < -0.4 is 5.32 Å². The van der Waals surface area contributed by atoms with Crippen LogP contribution in [0.15, 0.2) is 0 Å². The average Bonchev–Trinajstić information content (AvgIpc) is 3.17. The number of methoxy groups -OCH3 is 1. The van der Waals surface area contributed by atoms with E-state index >= 15 is 0 Å². The highest BCUT2D eigenvalue weighted by Crippen LogP contribution is 2.46. The summed E-state index contributed by atoms with van der Waals surface area (Å²) in [6.07, 6.45) is 4.33. The van der Waals surface area contributed by atoms with Crippen molar-refractivity contribution in [3.05, 3.63) is 0 Å². The SMILES string of the molecule is CCC(C(=O)OC)(C1CC1)N1CCCNCC1. The van der Waals surface area contributed by atoms with Gasteiger partial charge < -0.3 is 10.1 Å². The van der Waals surface area contributed by atoms with Gasteiger partial charge in [-0.2, -0.15) is 0 Å². The number of nitrogens with zero attached hydrogens (tertiary/aromatic N) is 1. The third kappa shape index (κ3) is 2.33.